The second-order valence-corrected chi connectivity index (χ2v) is 4.04. The van der Waals surface area contributed by atoms with Gasteiger partial charge >= 0.3 is 5.97 Å². The molecule has 0 aliphatic rings. The predicted molar refractivity (Wildman–Crippen MR) is 89.5 cm³/mol. The van der Waals surface area contributed by atoms with Crippen LogP contribution in [0.25, 0.3) is 5.52 Å². The summed E-state index contributed by atoms with van der Waals surface area (Å²) in [5.74, 6) is -0.390. The highest BCUT2D eigenvalue weighted by Crippen LogP contribution is 2.23. The van der Waals surface area contributed by atoms with Crippen molar-refractivity contribution in [3.8, 4) is 0 Å². The monoisotopic (exact) mass is 361 g/mol. The number of anilines is 1. The molecule has 2 aromatic rings. The molecule has 2 heterocycles. The highest BCUT2D eigenvalue weighted by molar-refractivity contribution is 9.10. The number of hydrogen-bond acceptors (Lipinski definition) is 5. The average Bonchev–Trinajstić information content (AvgIpc) is 2.87. The van der Waals surface area contributed by atoms with E-state index in [0.29, 0.717) is 23.4 Å². The molecule has 0 radical (unpaired) electrons. The van der Waals surface area contributed by atoms with Gasteiger partial charge in [-0.15, -0.1) is 0 Å². The van der Waals surface area contributed by atoms with Crippen LogP contribution in [0.15, 0.2) is 22.9 Å². The molecule has 7 heteroatoms. The van der Waals surface area contributed by atoms with Gasteiger partial charge in [-0.2, -0.15) is 17.7 Å². The van der Waals surface area contributed by atoms with E-state index >= 15 is 0 Å². The maximum absolute atomic E-state index is 11.6. The van der Waals surface area contributed by atoms with Crippen molar-refractivity contribution >= 4 is 45.7 Å². The first-order valence-corrected chi connectivity index (χ1v) is 7.86. The molecule has 5 nitrogen and oxygen atoms in total. The van der Waals surface area contributed by atoms with E-state index in [1.807, 2.05) is 13.8 Å². The number of aromatic nitrogens is 2. The molecule has 0 amide bonds. The van der Waals surface area contributed by atoms with Gasteiger partial charge in [0.25, 0.3) is 0 Å². The van der Waals surface area contributed by atoms with Gasteiger partial charge in [-0.25, -0.2) is 9.31 Å². The fraction of sp³-hybridized carbons (Fsp3) is 0.385. The van der Waals surface area contributed by atoms with Crippen molar-refractivity contribution in [3.63, 3.8) is 0 Å². The number of rotatable bonds is 2. The molecule has 0 bridgehead atoms. The summed E-state index contributed by atoms with van der Waals surface area (Å²) in [6.07, 6.45) is 4.87. The van der Waals surface area contributed by atoms with Crippen molar-refractivity contribution in [1.82, 2.24) is 9.61 Å². The van der Waals surface area contributed by atoms with E-state index in [-0.39, 0.29) is 5.97 Å². The third kappa shape index (κ3) is 4.42. The van der Waals surface area contributed by atoms with Crippen LogP contribution in [0.4, 0.5) is 5.69 Å². The zero-order chi connectivity index (χ0) is 15.7. The highest BCUT2D eigenvalue weighted by atomic mass is 79.9. The summed E-state index contributed by atoms with van der Waals surface area (Å²) in [5, 5.41) is 4.05. The first-order chi connectivity index (χ1) is 9.63. The minimum Gasteiger partial charge on any atom is -0.462 e. The summed E-state index contributed by atoms with van der Waals surface area (Å²) in [7, 11) is 0. The number of ether oxygens (including phenoxy) is 1. The molecule has 0 saturated carbocycles. The second-order valence-electron chi connectivity index (χ2n) is 3.19. The van der Waals surface area contributed by atoms with E-state index in [1.165, 1.54) is 6.20 Å². The molecule has 0 saturated heterocycles. The summed E-state index contributed by atoms with van der Waals surface area (Å²) in [6.45, 7) is 6.09. The average molecular weight is 362 g/mol. The number of carbonyl (C=O) groups excluding carboxylic acids is 1. The summed E-state index contributed by atoms with van der Waals surface area (Å²) in [6, 6.07) is 1.68. The van der Waals surface area contributed by atoms with Crippen molar-refractivity contribution < 1.29 is 9.53 Å². The molecule has 0 spiro atoms. The molecule has 2 rings (SSSR count). The molecule has 0 aliphatic heterocycles. The zero-order valence-corrected chi connectivity index (χ0v) is 14.5. The first kappa shape index (κ1) is 18.8. The topological polar surface area (TPSA) is 69.6 Å². The van der Waals surface area contributed by atoms with Gasteiger partial charge in [0.2, 0.25) is 0 Å². The van der Waals surface area contributed by atoms with Crippen LogP contribution in [0.5, 0.6) is 0 Å². The Balaban J connectivity index is 0.000000829. The maximum Gasteiger partial charge on any atom is 0.341 e. The van der Waals surface area contributed by atoms with Crippen LogP contribution in [-0.4, -0.2) is 28.4 Å². The summed E-state index contributed by atoms with van der Waals surface area (Å²) in [5.41, 5.74) is 7.36. The van der Waals surface area contributed by atoms with Gasteiger partial charge in [0.1, 0.15) is 5.56 Å². The molecular weight excluding hydrogens is 342 g/mol. The molecule has 0 aromatic carbocycles. The Bertz CT molecular complexity index is 558. The number of thiol groups is 1. The first-order valence-electron chi connectivity index (χ1n) is 6.17. The number of nitrogen functional groups attached to an aromatic ring is 1. The van der Waals surface area contributed by atoms with E-state index in [0.717, 1.165) is 4.47 Å². The van der Waals surface area contributed by atoms with Crippen LogP contribution in [-0.2, 0) is 4.74 Å². The number of nitrogens with zero attached hydrogens (tertiary/aromatic N) is 2. The van der Waals surface area contributed by atoms with Crippen molar-refractivity contribution in [1.29, 1.82) is 0 Å². The SMILES string of the molecule is CC.CCOC(=O)c1cnn2cc(Br)c(N)cc12.CS. The number of fused-ring (bicyclic) bond motifs is 1. The van der Waals surface area contributed by atoms with E-state index in [9.17, 15) is 4.79 Å². The van der Waals surface area contributed by atoms with Crippen LogP contribution in [0.1, 0.15) is 31.1 Å². The third-order valence-corrected chi connectivity index (χ3v) is 2.80. The van der Waals surface area contributed by atoms with Crippen LogP contribution < -0.4 is 5.73 Å². The van der Waals surface area contributed by atoms with Crippen LogP contribution in [0, 0.1) is 0 Å². The largest absolute Gasteiger partial charge is 0.462 e. The number of pyridine rings is 1. The summed E-state index contributed by atoms with van der Waals surface area (Å²) < 4.78 is 7.23. The van der Waals surface area contributed by atoms with Crippen LogP contribution >= 0.6 is 28.6 Å². The number of nitrogens with two attached hydrogens (primary N) is 1. The summed E-state index contributed by atoms with van der Waals surface area (Å²) in [4.78, 5) is 11.6. The maximum atomic E-state index is 11.6. The van der Waals surface area contributed by atoms with Crippen molar-refractivity contribution in [2.45, 2.75) is 20.8 Å². The third-order valence-electron chi connectivity index (χ3n) is 2.13. The van der Waals surface area contributed by atoms with E-state index in [1.54, 1.807) is 30.0 Å². The molecule has 2 N–H and O–H groups in total. The van der Waals surface area contributed by atoms with Gasteiger partial charge in [-0.05, 0) is 35.2 Å². The molecule has 0 unspecified atom stereocenters. The van der Waals surface area contributed by atoms with Gasteiger partial charge in [-0.1, -0.05) is 13.8 Å². The van der Waals surface area contributed by atoms with Crippen LogP contribution in [0.2, 0.25) is 0 Å². The minimum atomic E-state index is -0.390. The molecule has 0 aliphatic carbocycles. The van der Waals surface area contributed by atoms with Gasteiger partial charge in [0.15, 0.2) is 0 Å². The number of halogens is 1. The molecule has 112 valence electrons. The fourth-order valence-corrected chi connectivity index (χ4v) is 1.69. The lowest BCUT2D eigenvalue weighted by Crippen LogP contribution is -2.04. The zero-order valence-electron chi connectivity index (χ0n) is 12.1. The van der Waals surface area contributed by atoms with E-state index in [4.69, 9.17) is 10.5 Å². The van der Waals surface area contributed by atoms with Gasteiger partial charge in [0.05, 0.1) is 22.8 Å². The molecule has 2 aromatic heterocycles. The van der Waals surface area contributed by atoms with E-state index in [2.05, 4.69) is 33.7 Å². The Kier molecular flexibility index (Phi) is 9.07. The second kappa shape index (κ2) is 9.66. The number of esters is 1. The van der Waals surface area contributed by atoms with Crippen molar-refractivity contribution in [3.05, 3.63) is 28.5 Å². The Morgan fingerprint density at radius 3 is 2.65 bits per heavy atom. The lowest BCUT2D eigenvalue weighted by molar-refractivity contribution is 0.0528. The Morgan fingerprint density at radius 1 is 1.50 bits per heavy atom. The molecule has 20 heavy (non-hydrogen) atoms. The predicted octanol–water partition coefficient (Wildman–Crippen LogP) is 3.43. The standard InChI is InChI=1S/C10H10BrN3O2.C2H6.CH4S/c1-2-16-10(15)6-4-13-14-5-7(11)8(12)3-9(6)14;2*1-2/h3-5H,2,12H2,1H3;1-2H3;2H,1H3. The smallest absolute Gasteiger partial charge is 0.341 e. The van der Waals surface area contributed by atoms with Gasteiger partial charge < -0.3 is 10.5 Å². The lowest BCUT2D eigenvalue weighted by Gasteiger charge is -2.02. The minimum absolute atomic E-state index is 0.335. The van der Waals surface area contributed by atoms with Crippen molar-refractivity contribution in [2.75, 3.05) is 18.6 Å². The Morgan fingerprint density at radius 2 is 2.10 bits per heavy atom. The quantitative estimate of drug-likeness (QED) is 0.634. The summed E-state index contributed by atoms with van der Waals surface area (Å²) >= 11 is 6.82. The lowest BCUT2D eigenvalue weighted by atomic mass is 10.2. The Hall–Kier alpha value is -1.21. The molecular formula is C13H20BrN3O2S. The van der Waals surface area contributed by atoms with Crippen molar-refractivity contribution in [2.24, 2.45) is 0 Å². The fourth-order valence-electron chi connectivity index (χ4n) is 1.38. The normalized spacial score (nSPS) is 9.10. The van der Waals surface area contributed by atoms with Crippen LogP contribution in [0.3, 0.4) is 0 Å². The van der Waals surface area contributed by atoms with E-state index < -0.39 is 0 Å². The Labute approximate surface area is 133 Å². The van der Waals surface area contributed by atoms with Gasteiger partial charge in [-0.3, -0.25) is 0 Å². The molecule has 0 fully saturated rings. The number of hydrogen-bond donors (Lipinski definition) is 2. The van der Waals surface area contributed by atoms with Gasteiger partial charge in [0, 0.05) is 11.9 Å². The number of carbonyl (C=O) groups is 1. The highest BCUT2D eigenvalue weighted by Gasteiger charge is 2.14. The molecule has 0 atom stereocenters.